The predicted molar refractivity (Wildman–Crippen MR) is 404 cm³/mol. The van der Waals surface area contributed by atoms with Crippen LogP contribution in [0.2, 0.25) is 0 Å². The van der Waals surface area contributed by atoms with Gasteiger partial charge in [-0.2, -0.15) is 0 Å². The zero-order valence-corrected chi connectivity index (χ0v) is 52.9. The number of benzene rings is 11. The molecule has 8 heterocycles. The van der Waals surface area contributed by atoms with Gasteiger partial charge in [0.15, 0.2) is 0 Å². The smallest absolute Gasteiger partial charge is 0.0972 e. The molecule has 0 saturated heterocycles. The first-order valence-electron chi connectivity index (χ1n) is 32.8. The van der Waals surface area contributed by atoms with E-state index in [1.807, 2.05) is 48.8 Å². The zero-order valence-electron chi connectivity index (χ0n) is 52.9. The van der Waals surface area contributed by atoms with E-state index >= 15 is 0 Å². The fraction of sp³-hybridized carbons (Fsp3) is 0. The lowest BCUT2D eigenvalue weighted by Gasteiger charge is -2.09. The van der Waals surface area contributed by atoms with Gasteiger partial charge in [-0.15, -0.1) is 0 Å². The molecule has 0 aliphatic rings. The molecular formula is C90H56N8. The summed E-state index contributed by atoms with van der Waals surface area (Å²) in [6.07, 6.45) is 3.65. The number of aromatic nitrogens is 8. The summed E-state index contributed by atoms with van der Waals surface area (Å²) in [4.78, 5) is 39.2. The predicted octanol–water partition coefficient (Wildman–Crippen LogP) is 22.8. The van der Waals surface area contributed by atoms with Gasteiger partial charge in [-0.25, -0.2) is 29.9 Å². The van der Waals surface area contributed by atoms with Crippen LogP contribution in [0.15, 0.2) is 340 Å². The van der Waals surface area contributed by atoms with Gasteiger partial charge >= 0.3 is 0 Å². The Labute approximate surface area is 564 Å². The average Bonchev–Trinajstić information content (AvgIpc) is 0.842. The second-order valence-electron chi connectivity index (χ2n) is 24.7. The first-order chi connectivity index (χ1) is 48.5. The van der Waals surface area contributed by atoms with E-state index < -0.39 is 0 Å². The maximum atomic E-state index is 5.04. The summed E-state index contributed by atoms with van der Waals surface area (Å²) in [5.74, 6) is 0. The molecule has 19 aromatic rings. The molecule has 0 aliphatic heterocycles. The average molecular weight is 1250 g/mol. The summed E-state index contributed by atoms with van der Waals surface area (Å²) in [5.41, 5.74) is 26.8. The van der Waals surface area contributed by atoms with Crippen LogP contribution in [-0.4, -0.2) is 39.9 Å². The maximum absolute atomic E-state index is 5.04. The highest BCUT2D eigenvalue weighted by Gasteiger charge is 2.14. The van der Waals surface area contributed by atoms with Crippen LogP contribution >= 0.6 is 0 Å². The molecule has 0 fully saturated rings. The number of fused-ring (bicyclic) bond motifs is 10. The van der Waals surface area contributed by atoms with E-state index in [-0.39, 0.29) is 0 Å². The molecule has 8 nitrogen and oxygen atoms in total. The number of hydrogen-bond donors (Lipinski definition) is 0. The molecule has 0 radical (unpaired) electrons. The van der Waals surface area contributed by atoms with Crippen LogP contribution in [0.5, 0.6) is 0 Å². The van der Waals surface area contributed by atoms with Crippen LogP contribution in [0.1, 0.15) is 0 Å². The molecular weight excluding hydrogens is 1190 g/mol. The van der Waals surface area contributed by atoms with Gasteiger partial charge in [-0.05, 0) is 137 Å². The number of rotatable bonds is 9. The Morgan fingerprint density at radius 2 is 0.408 bits per heavy atom. The van der Waals surface area contributed by atoms with Crippen LogP contribution in [0, 0.1) is 0 Å². The van der Waals surface area contributed by atoms with Crippen molar-refractivity contribution >= 4 is 87.2 Å². The third kappa shape index (κ3) is 11.1. The van der Waals surface area contributed by atoms with Gasteiger partial charge in [0.05, 0.1) is 78.3 Å². The monoisotopic (exact) mass is 1250 g/mol. The van der Waals surface area contributed by atoms with E-state index in [2.05, 4.69) is 301 Å². The van der Waals surface area contributed by atoms with Crippen LogP contribution in [0.25, 0.3) is 188 Å². The first-order valence-corrected chi connectivity index (χ1v) is 32.8. The Balaban J connectivity index is 0.000000143. The highest BCUT2D eigenvalue weighted by molar-refractivity contribution is 6.05. The van der Waals surface area contributed by atoms with Crippen molar-refractivity contribution in [2.24, 2.45) is 0 Å². The molecule has 0 unspecified atom stereocenters. The number of pyridine rings is 8. The normalized spacial score (nSPS) is 11.5. The molecule has 0 atom stereocenters. The molecule has 19 rings (SSSR count). The van der Waals surface area contributed by atoms with Crippen molar-refractivity contribution in [2.75, 3.05) is 0 Å². The van der Waals surface area contributed by atoms with Crippen molar-refractivity contribution in [1.82, 2.24) is 39.9 Å². The highest BCUT2D eigenvalue weighted by Crippen LogP contribution is 2.36. The fourth-order valence-corrected chi connectivity index (χ4v) is 13.4. The van der Waals surface area contributed by atoms with Crippen LogP contribution in [0.4, 0.5) is 0 Å². The maximum Gasteiger partial charge on any atom is 0.0972 e. The van der Waals surface area contributed by atoms with Crippen molar-refractivity contribution in [3.8, 4) is 101 Å². The zero-order chi connectivity index (χ0) is 64.9. The summed E-state index contributed by atoms with van der Waals surface area (Å²) in [6.45, 7) is 0. The molecule has 0 bridgehead atoms. The molecule has 0 spiro atoms. The summed E-state index contributed by atoms with van der Waals surface area (Å²) < 4.78 is 0. The lowest BCUT2D eigenvalue weighted by atomic mass is 9.99. The largest absolute Gasteiger partial charge is 0.254 e. The third-order valence-corrected chi connectivity index (χ3v) is 18.6. The summed E-state index contributed by atoms with van der Waals surface area (Å²) in [6, 6.07) is 114. The van der Waals surface area contributed by atoms with Gasteiger partial charge in [0.2, 0.25) is 0 Å². The van der Waals surface area contributed by atoms with Crippen molar-refractivity contribution < 1.29 is 0 Å². The summed E-state index contributed by atoms with van der Waals surface area (Å²) in [7, 11) is 0. The second-order valence-corrected chi connectivity index (χ2v) is 24.7. The summed E-state index contributed by atoms with van der Waals surface area (Å²) >= 11 is 0. The second kappa shape index (κ2) is 24.6. The Morgan fingerprint density at radius 1 is 0.143 bits per heavy atom. The quantitative estimate of drug-likeness (QED) is 0.132. The van der Waals surface area contributed by atoms with Crippen LogP contribution in [-0.2, 0) is 0 Å². The van der Waals surface area contributed by atoms with Crippen molar-refractivity contribution in [3.63, 3.8) is 0 Å². The SMILES string of the molecule is c1ccc(-c2ccc3cc(-c4ccc5nc(-c6ccc(-c7ccc8ccc9cccnc9c8n7)cc6)ccc5c4)ccc3n2)cc1.c1ccc(-c2cccc(-c3ccc4cc(-c5ccc6nc(-c7ccc(-c8ccc9ccc%10cccnc%10c9n8)cc7)ccc6c5)ccc4n3)c2)cc1. The van der Waals surface area contributed by atoms with E-state index in [1.54, 1.807) is 0 Å². The van der Waals surface area contributed by atoms with Crippen molar-refractivity contribution in [1.29, 1.82) is 0 Å². The van der Waals surface area contributed by atoms with Crippen molar-refractivity contribution in [2.45, 2.75) is 0 Å². The van der Waals surface area contributed by atoms with Crippen LogP contribution < -0.4 is 0 Å². The molecule has 8 heteroatoms. The summed E-state index contributed by atoms with van der Waals surface area (Å²) in [5, 5.41) is 8.81. The first kappa shape index (κ1) is 57.4. The lowest BCUT2D eigenvalue weighted by molar-refractivity contribution is 1.36. The minimum absolute atomic E-state index is 0.922. The van der Waals surface area contributed by atoms with E-state index in [9.17, 15) is 0 Å². The molecule has 0 aliphatic carbocycles. The van der Waals surface area contributed by atoms with Gasteiger partial charge in [0, 0.05) is 88.9 Å². The standard InChI is InChI=1S/C48H30N4.C42H26N4/c1-2-6-31(7-3-1)36-8-4-9-39(28-36)44-26-21-41-30-38(19-24-46(41)51-44)37-18-23-45-40(29-37)20-25-42(50-45)32-11-13-33(14-12-32)43-22-17-35-16-15-34-10-5-27-49-47(34)48(35)52-43;1-2-5-27(6-3-1)36-22-17-34-25-32(15-20-39(34)44-36)33-16-21-40-35(26-33)18-23-37(45-40)28-8-10-29(11-9-28)38-19-14-31-13-12-30-7-4-24-43-41(30)42(31)46-38/h1-30H;1-26H. The van der Waals surface area contributed by atoms with E-state index in [0.717, 1.165) is 177 Å². The Bertz CT molecular complexity index is 6300. The van der Waals surface area contributed by atoms with Gasteiger partial charge in [0.1, 0.15) is 0 Å². The molecule has 8 aromatic heterocycles. The van der Waals surface area contributed by atoms with Gasteiger partial charge in [-0.3, -0.25) is 9.97 Å². The number of nitrogens with zero attached hydrogens (tertiary/aromatic N) is 8. The molecule has 11 aromatic carbocycles. The highest BCUT2D eigenvalue weighted by atomic mass is 14.8. The van der Waals surface area contributed by atoms with Gasteiger partial charge in [0.25, 0.3) is 0 Å². The Hall–Kier alpha value is -13.3. The molecule has 0 N–H and O–H groups in total. The molecule has 98 heavy (non-hydrogen) atoms. The fourth-order valence-electron chi connectivity index (χ4n) is 13.4. The van der Waals surface area contributed by atoms with Crippen molar-refractivity contribution in [3.05, 3.63) is 340 Å². The topological polar surface area (TPSA) is 103 Å². The minimum Gasteiger partial charge on any atom is -0.254 e. The molecule has 0 amide bonds. The van der Waals surface area contributed by atoms with Crippen LogP contribution in [0.3, 0.4) is 0 Å². The molecule has 456 valence electrons. The minimum atomic E-state index is 0.922. The van der Waals surface area contributed by atoms with E-state index in [0.29, 0.717) is 0 Å². The van der Waals surface area contributed by atoms with E-state index in [1.165, 1.54) is 11.1 Å². The molecule has 0 saturated carbocycles. The number of hydrogen-bond acceptors (Lipinski definition) is 8. The third-order valence-electron chi connectivity index (χ3n) is 18.6. The van der Waals surface area contributed by atoms with Gasteiger partial charge in [-0.1, -0.05) is 224 Å². The van der Waals surface area contributed by atoms with E-state index in [4.69, 9.17) is 29.9 Å². The Morgan fingerprint density at radius 3 is 0.786 bits per heavy atom. The lowest BCUT2D eigenvalue weighted by Crippen LogP contribution is -1.90. The van der Waals surface area contributed by atoms with Gasteiger partial charge < -0.3 is 0 Å². The Kier molecular flexibility index (Phi) is 14.4.